The molecule has 5 heteroatoms. The molecule has 2 fully saturated rings. The fraction of sp³-hybridized carbons (Fsp3) is 0.800. The van der Waals surface area contributed by atoms with Crippen molar-refractivity contribution >= 4 is 11.6 Å². The molecule has 1 N–H and O–H groups in total. The van der Waals surface area contributed by atoms with Gasteiger partial charge in [0.2, 0.25) is 0 Å². The van der Waals surface area contributed by atoms with Gasteiger partial charge in [0, 0.05) is 19.1 Å². The van der Waals surface area contributed by atoms with Crippen LogP contribution in [-0.2, 0) is 7.05 Å². The van der Waals surface area contributed by atoms with Crippen LogP contribution in [0.3, 0.4) is 0 Å². The van der Waals surface area contributed by atoms with E-state index in [-0.39, 0.29) is 0 Å². The van der Waals surface area contributed by atoms with Crippen LogP contribution in [0.25, 0.3) is 0 Å². The molecular formula is C15H25ClN4. The normalized spacial score (nSPS) is 31.7. The van der Waals surface area contributed by atoms with Crippen molar-refractivity contribution < 1.29 is 0 Å². The lowest BCUT2D eigenvalue weighted by atomic mass is 9.83. The van der Waals surface area contributed by atoms with Gasteiger partial charge in [-0.1, -0.05) is 18.5 Å². The Morgan fingerprint density at radius 1 is 1.35 bits per heavy atom. The Hall–Kier alpha value is -0.580. The first kappa shape index (κ1) is 14.4. The number of fused-ring (bicyclic) bond motifs is 2. The molecule has 0 aliphatic carbocycles. The van der Waals surface area contributed by atoms with Crippen LogP contribution in [0.4, 0.5) is 0 Å². The van der Waals surface area contributed by atoms with Gasteiger partial charge in [0.15, 0.2) is 0 Å². The van der Waals surface area contributed by atoms with Crippen molar-refractivity contribution in [3.05, 3.63) is 16.9 Å². The molecule has 0 spiro atoms. The first-order chi connectivity index (χ1) is 9.61. The number of aromatic nitrogens is 2. The van der Waals surface area contributed by atoms with E-state index < -0.39 is 0 Å². The second-order valence-corrected chi connectivity index (χ2v) is 6.73. The second kappa shape index (κ2) is 5.66. The van der Waals surface area contributed by atoms with Gasteiger partial charge in [-0.15, -0.1) is 0 Å². The highest BCUT2D eigenvalue weighted by molar-refractivity contribution is 6.31. The minimum absolute atomic E-state index is 0.330. The molecule has 1 aromatic heterocycles. The van der Waals surface area contributed by atoms with Gasteiger partial charge >= 0.3 is 0 Å². The van der Waals surface area contributed by atoms with E-state index in [1.165, 1.54) is 25.7 Å². The predicted octanol–water partition coefficient (Wildman–Crippen LogP) is 2.60. The number of rotatable bonds is 4. The van der Waals surface area contributed by atoms with Crippen molar-refractivity contribution in [2.24, 2.45) is 13.0 Å². The molecule has 3 atom stereocenters. The van der Waals surface area contributed by atoms with E-state index in [2.05, 4.69) is 29.3 Å². The van der Waals surface area contributed by atoms with E-state index in [0.717, 1.165) is 29.3 Å². The fourth-order valence-corrected chi connectivity index (χ4v) is 4.49. The molecule has 3 unspecified atom stereocenters. The van der Waals surface area contributed by atoms with Crippen LogP contribution in [0.1, 0.15) is 44.3 Å². The van der Waals surface area contributed by atoms with Gasteiger partial charge in [-0.2, -0.15) is 5.10 Å². The maximum Gasteiger partial charge on any atom is 0.0834 e. The van der Waals surface area contributed by atoms with Crippen molar-refractivity contribution in [2.75, 3.05) is 13.6 Å². The quantitative estimate of drug-likeness (QED) is 0.927. The minimum Gasteiger partial charge on any atom is -0.309 e. The first-order valence-corrected chi connectivity index (χ1v) is 8.12. The third kappa shape index (κ3) is 2.38. The summed E-state index contributed by atoms with van der Waals surface area (Å²) in [5.41, 5.74) is 1.16. The standard InChI is InChI=1S/C15H25ClN4/c1-4-17-14(15-13(16)9-18-20(15)3)10-7-11-5-6-12(8-10)19(11)2/h9-12,14,17H,4-8H2,1-3H3. The van der Waals surface area contributed by atoms with Crippen LogP contribution < -0.4 is 5.32 Å². The average molecular weight is 297 g/mol. The van der Waals surface area contributed by atoms with Crippen LogP contribution in [0.15, 0.2) is 6.20 Å². The monoisotopic (exact) mass is 296 g/mol. The number of hydrogen-bond donors (Lipinski definition) is 1. The lowest BCUT2D eigenvalue weighted by Gasteiger charge is -2.40. The zero-order chi connectivity index (χ0) is 14.3. The Bertz CT molecular complexity index is 439. The molecule has 2 aliphatic heterocycles. The van der Waals surface area contributed by atoms with Gasteiger partial charge in [-0.25, -0.2) is 0 Å². The zero-order valence-corrected chi connectivity index (χ0v) is 13.4. The van der Waals surface area contributed by atoms with Crippen LogP contribution >= 0.6 is 11.6 Å². The molecule has 112 valence electrons. The molecule has 3 heterocycles. The second-order valence-electron chi connectivity index (χ2n) is 6.32. The number of nitrogens with zero attached hydrogens (tertiary/aromatic N) is 3. The zero-order valence-electron chi connectivity index (χ0n) is 12.6. The summed E-state index contributed by atoms with van der Waals surface area (Å²) >= 11 is 6.38. The van der Waals surface area contributed by atoms with Crippen LogP contribution in [0, 0.1) is 5.92 Å². The topological polar surface area (TPSA) is 33.1 Å². The average Bonchev–Trinajstić information content (AvgIpc) is 2.84. The Kier molecular flexibility index (Phi) is 4.07. The van der Waals surface area contributed by atoms with Crippen molar-refractivity contribution in [2.45, 2.75) is 50.7 Å². The van der Waals surface area contributed by atoms with E-state index in [9.17, 15) is 0 Å². The van der Waals surface area contributed by atoms with E-state index in [1.807, 2.05) is 11.7 Å². The summed E-state index contributed by atoms with van der Waals surface area (Å²) in [6, 6.07) is 1.84. The van der Waals surface area contributed by atoms with Gasteiger partial charge in [0.05, 0.1) is 23.0 Å². The molecule has 0 radical (unpaired) electrons. The van der Waals surface area contributed by atoms with Gasteiger partial charge in [0.25, 0.3) is 0 Å². The summed E-state index contributed by atoms with van der Waals surface area (Å²) in [4.78, 5) is 2.59. The number of piperidine rings is 1. The van der Waals surface area contributed by atoms with Crippen molar-refractivity contribution in [3.8, 4) is 0 Å². The Morgan fingerprint density at radius 2 is 2.00 bits per heavy atom. The summed E-state index contributed by atoms with van der Waals surface area (Å²) < 4.78 is 1.94. The van der Waals surface area contributed by atoms with E-state index in [4.69, 9.17) is 11.6 Å². The Labute approximate surface area is 126 Å². The highest BCUT2D eigenvalue weighted by Gasteiger charge is 2.42. The first-order valence-electron chi connectivity index (χ1n) is 7.74. The molecule has 1 aromatic rings. The largest absolute Gasteiger partial charge is 0.309 e. The van der Waals surface area contributed by atoms with Crippen LogP contribution in [-0.4, -0.2) is 40.4 Å². The third-order valence-corrected chi connectivity index (χ3v) is 5.55. The molecule has 20 heavy (non-hydrogen) atoms. The molecule has 2 saturated heterocycles. The molecule has 0 aromatic carbocycles. The van der Waals surface area contributed by atoms with Crippen molar-refractivity contribution in [1.29, 1.82) is 0 Å². The summed E-state index contributed by atoms with van der Waals surface area (Å²) in [7, 11) is 4.28. The maximum atomic E-state index is 6.38. The summed E-state index contributed by atoms with van der Waals surface area (Å²) in [6.07, 6.45) is 7.02. The van der Waals surface area contributed by atoms with E-state index in [0.29, 0.717) is 12.0 Å². The summed E-state index contributed by atoms with van der Waals surface area (Å²) in [5, 5.41) is 8.77. The highest BCUT2D eigenvalue weighted by Crippen LogP contribution is 2.43. The smallest absolute Gasteiger partial charge is 0.0834 e. The Balaban J connectivity index is 1.85. The summed E-state index contributed by atoms with van der Waals surface area (Å²) in [6.45, 7) is 3.13. The van der Waals surface area contributed by atoms with Crippen molar-refractivity contribution in [3.63, 3.8) is 0 Å². The van der Waals surface area contributed by atoms with Crippen molar-refractivity contribution in [1.82, 2.24) is 20.0 Å². The van der Waals surface area contributed by atoms with E-state index >= 15 is 0 Å². The lowest BCUT2D eigenvalue weighted by molar-refractivity contribution is 0.111. The number of hydrogen-bond acceptors (Lipinski definition) is 3. The third-order valence-electron chi connectivity index (χ3n) is 5.26. The molecule has 4 nitrogen and oxygen atoms in total. The van der Waals surface area contributed by atoms with Gasteiger partial charge < -0.3 is 10.2 Å². The number of aryl methyl sites for hydroxylation is 1. The van der Waals surface area contributed by atoms with Gasteiger partial charge in [0.1, 0.15) is 0 Å². The fourth-order valence-electron chi connectivity index (χ4n) is 4.20. The van der Waals surface area contributed by atoms with Gasteiger partial charge in [-0.3, -0.25) is 4.68 Å². The molecule has 2 bridgehead atoms. The highest BCUT2D eigenvalue weighted by atomic mass is 35.5. The summed E-state index contributed by atoms with van der Waals surface area (Å²) in [5.74, 6) is 0.663. The van der Waals surface area contributed by atoms with Crippen LogP contribution in [0.2, 0.25) is 5.02 Å². The van der Waals surface area contributed by atoms with Crippen LogP contribution in [0.5, 0.6) is 0 Å². The van der Waals surface area contributed by atoms with Gasteiger partial charge in [-0.05, 0) is 45.2 Å². The minimum atomic E-state index is 0.330. The predicted molar refractivity (Wildman–Crippen MR) is 81.9 cm³/mol. The maximum absolute atomic E-state index is 6.38. The SMILES string of the molecule is CCNC(c1c(Cl)cnn1C)C1CC2CCC(C1)N2C. The lowest BCUT2D eigenvalue weighted by Crippen LogP contribution is -2.44. The molecule has 3 rings (SSSR count). The molecular weight excluding hydrogens is 272 g/mol. The molecule has 0 saturated carbocycles. The molecule has 0 amide bonds. The number of halogens is 1. The number of nitrogens with one attached hydrogen (secondary N) is 1. The van der Waals surface area contributed by atoms with E-state index in [1.54, 1.807) is 6.20 Å². The Morgan fingerprint density at radius 3 is 2.50 bits per heavy atom. The molecule has 2 aliphatic rings.